The van der Waals surface area contributed by atoms with Gasteiger partial charge in [-0.05, 0) is 80.1 Å². The van der Waals surface area contributed by atoms with Gasteiger partial charge >= 0.3 is 0 Å². The SMILES string of the molecule is CO[C@@H]1C[C@H]2[C@@H]3C[C@H]4O[C@@]4(c4cccnc4)[C@@]3(C)CC[C@@H]2[C@@]2(C)CCC3CC312. The van der Waals surface area contributed by atoms with Crippen molar-refractivity contribution in [2.24, 2.45) is 39.9 Å². The topological polar surface area (TPSA) is 34.6 Å². The largest absolute Gasteiger partial charge is 0.381 e. The Labute approximate surface area is 168 Å². The Bertz CT molecular complexity index is 842. The Balaban J connectivity index is 1.30. The molecule has 3 nitrogen and oxygen atoms in total. The summed E-state index contributed by atoms with van der Waals surface area (Å²) in [6, 6.07) is 4.34. The van der Waals surface area contributed by atoms with Gasteiger partial charge in [0.1, 0.15) is 5.60 Å². The van der Waals surface area contributed by atoms with Crippen molar-refractivity contribution in [1.29, 1.82) is 0 Å². The third kappa shape index (κ3) is 1.54. The maximum Gasteiger partial charge on any atom is 0.127 e. The molecule has 6 fully saturated rings. The lowest BCUT2D eigenvalue weighted by Crippen LogP contribution is -2.57. The molecule has 1 aliphatic heterocycles. The number of nitrogens with zero attached hydrogens (tertiary/aromatic N) is 1. The van der Waals surface area contributed by atoms with E-state index in [2.05, 4.69) is 37.2 Å². The summed E-state index contributed by atoms with van der Waals surface area (Å²) in [5.74, 6) is 3.44. The Kier molecular flexibility index (Phi) is 2.92. The first-order valence-electron chi connectivity index (χ1n) is 11.6. The Morgan fingerprint density at radius 1 is 1.11 bits per heavy atom. The van der Waals surface area contributed by atoms with Crippen molar-refractivity contribution in [3.8, 4) is 0 Å². The summed E-state index contributed by atoms with van der Waals surface area (Å²) in [4.78, 5) is 4.45. The van der Waals surface area contributed by atoms with Crippen LogP contribution in [0, 0.1) is 39.9 Å². The highest BCUT2D eigenvalue weighted by Crippen LogP contribution is 2.84. The molecule has 3 heteroatoms. The summed E-state index contributed by atoms with van der Waals surface area (Å²) in [5.41, 5.74) is 2.55. The molecule has 0 radical (unpaired) electrons. The molecule has 5 aliphatic carbocycles. The summed E-state index contributed by atoms with van der Waals surface area (Å²) >= 11 is 0. The van der Waals surface area contributed by atoms with Crippen LogP contribution in [-0.4, -0.2) is 24.3 Å². The molecule has 10 atom stereocenters. The molecule has 28 heavy (non-hydrogen) atoms. The van der Waals surface area contributed by atoms with E-state index in [1.807, 2.05) is 13.3 Å². The van der Waals surface area contributed by atoms with Gasteiger partial charge in [-0.3, -0.25) is 4.98 Å². The lowest BCUT2D eigenvalue weighted by Gasteiger charge is -2.61. The maximum atomic E-state index is 6.50. The van der Waals surface area contributed by atoms with Crippen molar-refractivity contribution in [2.45, 2.75) is 76.6 Å². The summed E-state index contributed by atoms with van der Waals surface area (Å²) in [5, 5.41) is 0. The van der Waals surface area contributed by atoms with Gasteiger partial charge in [-0.2, -0.15) is 0 Å². The molecule has 0 aromatic carbocycles. The van der Waals surface area contributed by atoms with Gasteiger partial charge in [-0.25, -0.2) is 0 Å². The average molecular weight is 380 g/mol. The van der Waals surface area contributed by atoms with E-state index in [1.165, 1.54) is 50.5 Å². The zero-order valence-corrected chi connectivity index (χ0v) is 17.5. The number of pyridine rings is 1. The van der Waals surface area contributed by atoms with Crippen LogP contribution in [0.2, 0.25) is 0 Å². The number of fused-ring (bicyclic) bond motifs is 6. The first kappa shape index (κ1) is 16.8. The lowest BCUT2D eigenvalue weighted by atomic mass is 9.45. The predicted molar refractivity (Wildman–Crippen MR) is 107 cm³/mol. The quantitative estimate of drug-likeness (QED) is 0.682. The second kappa shape index (κ2) is 4.86. The molecule has 0 N–H and O–H groups in total. The van der Waals surface area contributed by atoms with Crippen molar-refractivity contribution in [1.82, 2.24) is 4.98 Å². The molecule has 1 aromatic heterocycles. The van der Waals surface area contributed by atoms with Crippen LogP contribution in [0.1, 0.15) is 64.4 Å². The molecule has 1 aromatic rings. The molecule has 5 saturated carbocycles. The van der Waals surface area contributed by atoms with Crippen LogP contribution in [0.25, 0.3) is 0 Å². The molecule has 7 rings (SSSR count). The monoisotopic (exact) mass is 379 g/mol. The predicted octanol–water partition coefficient (Wildman–Crippen LogP) is 4.95. The molecule has 0 bridgehead atoms. The third-order valence-electron chi connectivity index (χ3n) is 11.3. The van der Waals surface area contributed by atoms with Crippen LogP contribution in [0.15, 0.2) is 24.5 Å². The van der Waals surface area contributed by atoms with Crippen LogP contribution in [0.3, 0.4) is 0 Å². The van der Waals surface area contributed by atoms with Gasteiger partial charge in [0.25, 0.3) is 0 Å². The molecular formula is C25H33NO2. The second-order valence-electron chi connectivity index (χ2n) is 11.5. The Hall–Kier alpha value is -0.930. The van der Waals surface area contributed by atoms with Crippen molar-refractivity contribution in [2.75, 3.05) is 7.11 Å². The zero-order valence-electron chi connectivity index (χ0n) is 17.5. The summed E-state index contributed by atoms with van der Waals surface area (Å²) in [7, 11) is 1.99. The van der Waals surface area contributed by atoms with Crippen LogP contribution in [0.5, 0.6) is 0 Å². The van der Waals surface area contributed by atoms with E-state index < -0.39 is 0 Å². The first-order chi connectivity index (χ1) is 13.5. The van der Waals surface area contributed by atoms with Gasteiger partial charge in [0.2, 0.25) is 0 Å². The number of rotatable bonds is 2. The van der Waals surface area contributed by atoms with E-state index in [0.29, 0.717) is 23.0 Å². The molecule has 0 amide bonds. The highest BCUT2D eigenvalue weighted by molar-refractivity contribution is 5.37. The van der Waals surface area contributed by atoms with Gasteiger partial charge < -0.3 is 9.47 Å². The van der Waals surface area contributed by atoms with Crippen LogP contribution in [0.4, 0.5) is 0 Å². The van der Waals surface area contributed by atoms with E-state index in [0.717, 1.165) is 23.7 Å². The summed E-state index contributed by atoms with van der Waals surface area (Å²) in [6.45, 7) is 5.21. The van der Waals surface area contributed by atoms with E-state index in [-0.39, 0.29) is 11.0 Å². The third-order valence-corrected chi connectivity index (χ3v) is 11.3. The molecule has 1 spiro atoms. The number of ether oxygens (including phenoxy) is 2. The van der Waals surface area contributed by atoms with E-state index >= 15 is 0 Å². The van der Waals surface area contributed by atoms with Gasteiger partial charge in [0.05, 0.1) is 12.2 Å². The number of hydrogen-bond donors (Lipinski definition) is 0. The summed E-state index contributed by atoms with van der Waals surface area (Å²) < 4.78 is 12.8. The van der Waals surface area contributed by atoms with E-state index in [4.69, 9.17) is 9.47 Å². The number of aromatic nitrogens is 1. The number of methoxy groups -OCH3 is 1. The van der Waals surface area contributed by atoms with E-state index in [1.54, 1.807) is 0 Å². The smallest absolute Gasteiger partial charge is 0.127 e. The Morgan fingerprint density at radius 2 is 1.96 bits per heavy atom. The van der Waals surface area contributed by atoms with Crippen LogP contribution >= 0.6 is 0 Å². The molecule has 2 heterocycles. The molecule has 1 saturated heterocycles. The Morgan fingerprint density at radius 3 is 2.71 bits per heavy atom. The van der Waals surface area contributed by atoms with Gasteiger partial charge in [0, 0.05) is 35.9 Å². The minimum absolute atomic E-state index is 0.0622. The van der Waals surface area contributed by atoms with Crippen molar-refractivity contribution >= 4 is 0 Å². The van der Waals surface area contributed by atoms with E-state index in [9.17, 15) is 0 Å². The maximum absolute atomic E-state index is 6.50. The zero-order chi connectivity index (χ0) is 18.9. The van der Waals surface area contributed by atoms with Gasteiger partial charge in [-0.1, -0.05) is 19.9 Å². The highest BCUT2D eigenvalue weighted by Gasteiger charge is 2.82. The average Bonchev–Trinajstić information content (AvgIpc) is 3.58. The normalized spacial score (nSPS) is 60.2. The molecular weight excluding hydrogens is 346 g/mol. The van der Waals surface area contributed by atoms with Crippen LogP contribution in [-0.2, 0) is 15.1 Å². The van der Waals surface area contributed by atoms with Crippen molar-refractivity contribution in [3.05, 3.63) is 30.1 Å². The van der Waals surface area contributed by atoms with Gasteiger partial charge in [-0.15, -0.1) is 0 Å². The summed E-state index contributed by atoms with van der Waals surface area (Å²) in [6.07, 6.45) is 14.4. The second-order valence-corrected chi connectivity index (χ2v) is 11.5. The molecule has 6 aliphatic rings. The highest BCUT2D eigenvalue weighted by atomic mass is 16.6. The number of hydrogen-bond acceptors (Lipinski definition) is 3. The van der Waals surface area contributed by atoms with Crippen LogP contribution < -0.4 is 0 Å². The van der Waals surface area contributed by atoms with Crippen molar-refractivity contribution < 1.29 is 9.47 Å². The fourth-order valence-electron chi connectivity index (χ4n) is 10.1. The lowest BCUT2D eigenvalue weighted by molar-refractivity contribution is -0.170. The number of epoxide rings is 1. The fourth-order valence-corrected chi connectivity index (χ4v) is 10.1. The minimum Gasteiger partial charge on any atom is -0.381 e. The molecule has 2 unspecified atom stereocenters. The standard InChI is InChI=1S/C25H33NO2/c1-22-8-6-15-13-24(15,22)20(27-3)11-17-18(22)7-9-23(2)19(17)12-21-25(23,28-21)16-5-4-10-26-14-16/h4-5,10,14-15,17-21H,6-9,11-13H2,1-3H3/t15?,17-,18+,19+,20-,21-,22-,23+,24?,25-/m1/s1. The minimum atomic E-state index is -0.0622. The fraction of sp³-hybridized carbons (Fsp3) is 0.800. The van der Waals surface area contributed by atoms with Crippen molar-refractivity contribution in [3.63, 3.8) is 0 Å². The first-order valence-corrected chi connectivity index (χ1v) is 11.6. The van der Waals surface area contributed by atoms with Gasteiger partial charge in [0.15, 0.2) is 0 Å². The molecule has 150 valence electrons.